The Bertz CT molecular complexity index is 1140. The molecule has 3 aromatic carbocycles. The van der Waals surface area contributed by atoms with Crippen LogP contribution in [0.25, 0.3) is 11.4 Å². The number of para-hydroxylation sites is 1. The summed E-state index contributed by atoms with van der Waals surface area (Å²) in [5.41, 5.74) is 2.57. The molecule has 0 saturated heterocycles. The van der Waals surface area contributed by atoms with Crippen LogP contribution in [-0.2, 0) is 11.4 Å². The minimum absolute atomic E-state index is 0.111. The van der Waals surface area contributed by atoms with Crippen molar-refractivity contribution in [1.82, 2.24) is 10.1 Å². The van der Waals surface area contributed by atoms with Gasteiger partial charge in [0.1, 0.15) is 11.5 Å². The number of carbonyl (C=O) groups is 1. The van der Waals surface area contributed by atoms with E-state index in [1.54, 1.807) is 18.2 Å². The first-order valence-electron chi connectivity index (χ1n) is 9.76. The molecule has 0 radical (unpaired) electrons. The van der Waals surface area contributed by atoms with Gasteiger partial charge >= 0.3 is 0 Å². The Morgan fingerprint density at radius 1 is 0.935 bits per heavy atom. The van der Waals surface area contributed by atoms with Crippen LogP contribution in [0.1, 0.15) is 11.5 Å². The van der Waals surface area contributed by atoms with E-state index in [-0.39, 0.29) is 19.1 Å². The zero-order chi connectivity index (χ0) is 21.5. The molecule has 0 aliphatic heterocycles. The molecule has 0 aliphatic carbocycles. The second-order valence-electron chi connectivity index (χ2n) is 6.84. The molecule has 0 spiro atoms. The maximum absolute atomic E-state index is 12.1. The van der Waals surface area contributed by atoms with E-state index in [1.807, 2.05) is 67.6 Å². The maximum atomic E-state index is 12.1. The number of rotatable bonds is 8. The highest BCUT2D eigenvalue weighted by molar-refractivity contribution is 5.91. The molecule has 1 heterocycles. The largest absolute Gasteiger partial charge is 0.484 e. The van der Waals surface area contributed by atoms with Gasteiger partial charge in [-0.05, 0) is 43.3 Å². The smallest absolute Gasteiger partial charge is 0.264 e. The molecule has 156 valence electrons. The van der Waals surface area contributed by atoms with Crippen LogP contribution >= 0.6 is 0 Å². The number of aryl methyl sites for hydroxylation is 1. The SMILES string of the molecule is Cc1ccc(NC(=O)COc2cccc(-c3noc(COc4ccccc4)n3)c2)cc1. The molecule has 1 amide bonds. The molecule has 0 unspecified atom stereocenters. The first-order chi connectivity index (χ1) is 15.2. The fourth-order valence-electron chi connectivity index (χ4n) is 2.80. The van der Waals surface area contributed by atoms with Crippen molar-refractivity contribution in [3.63, 3.8) is 0 Å². The fraction of sp³-hybridized carbons (Fsp3) is 0.125. The fourth-order valence-corrected chi connectivity index (χ4v) is 2.80. The molecule has 1 aromatic heterocycles. The third kappa shape index (κ3) is 5.70. The molecule has 0 saturated carbocycles. The number of hydrogen-bond acceptors (Lipinski definition) is 6. The van der Waals surface area contributed by atoms with Crippen LogP contribution < -0.4 is 14.8 Å². The van der Waals surface area contributed by atoms with Gasteiger partial charge in [0.05, 0.1) is 0 Å². The molecule has 0 aliphatic rings. The molecule has 1 N–H and O–H groups in total. The summed E-state index contributed by atoms with van der Waals surface area (Å²) in [4.78, 5) is 16.5. The molecule has 7 nitrogen and oxygen atoms in total. The van der Waals surface area contributed by atoms with Gasteiger partial charge < -0.3 is 19.3 Å². The topological polar surface area (TPSA) is 86.5 Å². The first kappa shape index (κ1) is 20.2. The highest BCUT2D eigenvalue weighted by Gasteiger charge is 2.11. The molecule has 7 heteroatoms. The van der Waals surface area contributed by atoms with Crippen molar-refractivity contribution < 1.29 is 18.8 Å². The summed E-state index contributed by atoms with van der Waals surface area (Å²) >= 11 is 0. The normalized spacial score (nSPS) is 10.5. The highest BCUT2D eigenvalue weighted by Crippen LogP contribution is 2.22. The molecular weight excluding hydrogens is 394 g/mol. The van der Waals surface area contributed by atoms with E-state index in [2.05, 4.69) is 15.5 Å². The Morgan fingerprint density at radius 3 is 2.52 bits per heavy atom. The summed E-state index contributed by atoms with van der Waals surface area (Å²) in [5, 5.41) is 6.80. The van der Waals surface area contributed by atoms with E-state index in [0.29, 0.717) is 23.0 Å². The average Bonchev–Trinajstić information content (AvgIpc) is 3.28. The second-order valence-corrected chi connectivity index (χ2v) is 6.84. The number of nitrogens with one attached hydrogen (secondary N) is 1. The van der Waals surface area contributed by atoms with Crippen LogP contribution in [0.3, 0.4) is 0 Å². The van der Waals surface area contributed by atoms with E-state index in [4.69, 9.17) is 14.0 Å². The van der Waals surface area contributed by atoms with E-state index >= 15 is 0 Å². The number of nitrogens with zero attached hydrogens (tertiary/aromatic N) is 2. The minimum atomic E-state index is -0.242. The molecular formula is C24H21N3O4. The van der Waals surface area contributed by atoms with Gasteiger partial charge in [0, 0.05) is 11.3 Å². The quantitative estimate of drug-likeness (QED) is 0.451. The predicted octanol–water partition coefficient (Wildman–Crippen LogP) is 4.64. The zero-order valence-corrected chi connectivity index (χ0v) is 16.9. The van der Waals surface area contributed by atoms with Crippen LogP contribution in [0.2, 0.25) is 0 Å². The number of anilines is 1. The second kappa shape index (κ2) is 9.58. The van der Waals surface area contributed by atoms with Gasteiger partial charge in [0.15, 0.2) is 13.2 Å². The summed E-state index contributed by atoms with van der Waals surface area (Å²) in [7, 11) is 0. The maximum Gasteiger partial charge on any atom is 0.264 e. The summed E-state index contributed by atoms with van der Waals surface area (Å²) in [6.45, 7) is 2.05. The van der Waals surface area contributed by atoms with Crippen molar-refractivity contribution in [1.29, 1.82) is 0 Å². The van der Waals surface area contributed by atoms with Gasteiger partial charge in [0.25, 0.3) is 11.8 Å². The molecule has 4 rings (SSSR count). The number of carbonyl (C=O) groups excluding carboxylic acids is 1. The Labute approximate surface area is 179 Å². The Kier molecular flexibility index (Phi) is 6.23. The van der Waals surface area contributed by atoms with Crippen molar-refractivity contribution in [2.75, 3.05) is 11.9 Å². The summed E-state index contributed by atoms with van der Waals surface area (Å²) in [6, 6.07) is 24.1. The van der Waals surface area contributed by atoms with Crippen molar-refractivity contribution in [2.24, 2.45) is 0 Å². The Balaban J connectivity index is 1.33. The lowest BCUT2D eigenvalue weighted by Gasteiger charge is -2.08. The first-order valence-corrected chi connectivity index (χ1v) is 9.76. The molecule has 0 bridgehead atoms. The lowest BCUT2D eigenvalue weighted by molar-refractivity contribution is -0.118. The van der Waals surface area contributed by atoms with Crippen LogP contribution in [-0.4, -0.2) is 22.7 Å². The highest BCUT2D eigenvalue weighted by atomic mass is 16.5. The van der Waals surface area contributed by atoms with Gasteiger partial charge in [-0.15, -0.1) is 0 Å². The van der Waals surface area contributed by atoms with Gasteiger partial charge in [0.2, 0.25) is 5.82 Å². The number of aromatic nitrogens is 2. The predicted molar refractivity (Wildman–Crippen MR) is 116 cm³/mol. The van der Waals surface area contributed by atoms with Gasteiger partial charge in [-0.25, -0.2) is 0 Å². The lowest BCUT2D eigenvalue weighted by Crippen LogP contribution is -2.20. The molecule has 4 aromatic rings. The summed E-state index contributed by atoms with van der Waals surface area (Å²) in [6.07, 6.45) is 0. The monoisotopic (exact) mass is 415 g/mol. The van der Waals surface area contributed by atoms with Crippen LogP contribution in [0.15, 0.2) is 83.4 Å². The van der Waals surface area contributed by atoms with Crippen LogP contribution in [0.4, 0.5) is 5.69 Å². The standard InChI is InChI=1S/C24H21N3O4/c1-17-10-12-19(13-11-17)25-22(28)15-29-21-9-5-6-18(14-21)24-26-23(31-27-24)16-30-20-7-3-2-4-8-20/h2-14H,15-16H2,1H3,(H,25,28). The molecule has 0 atom stereocenters. The summed E-state index contributed by atoms with van der Waals surface area (Å²) < 4.78 is 16.5. The minimum Gasteiger partial charge on any atom is -0.484 e. The molecule has 0 fully saturated rings. The lowest BCUT2D eigenvalue weighted by atomic mass is 10.2. The van der Waals surface area contributed by atoms with Crippen molar-refractivity contribution >= 4 is 11.6 Å². The van der Waals surface area contributed by atoms with Crippen LogP contribution in [0.5, 0.6) is 11.5 Å². The molecule has 31 heavy (non-hydrogen) atoms. The van der Waals surface area contributed by atoms with Gasteiger partial charge in [-0.3, -0.25) is 4.79 Å². The summed E-state index contributed by atoms with van der Waals surface area (Å²) in [5.74, 6) is 1.79. The van der Waals surface area contributed by atoms with E-state index in [9.17, 15) is 4.79 Å². The third-order valence-corrected chi connectivity index (χ3v) is 4.37. The Morgan fingerprint density at radius 2 is 1.71 bits per heavy atom. The van der Waals surface area contributed by atoms with E-state index in [0.717, 1.165) is 17.0 Å². The third-order valence-electron chi connectivity index (χ3n) is 4.37. The Hall–Kier alpha value is -4.13. The number of amides is 1. The number of hydrogen-bond donors (Lipinski definition) is 1. The van der Waals surface area contributed by atoms with E-state index in [1.165, 1.54) is 0 Å². The number of benzene rings is 3. The zero-order valence-electron chi connectivity index (χ0n) is 16.9. The van der Waals surface area contributed by atoms with Crippen LogP contribution in [0, 0.1) is 6.92 Å². The van der Waals surface area contributed by atoms with Crippen molar-refractivity contribution in [2.45, 2.75) is 13.5 Å². The van der Waals surface area contributed by atoms with Crippen molar-refractivity contribution in [3.8, 4) is 22.9 Å². The van der Waals surface area contributed by atoms with E-state index < -0.39 is 0 Å². The average molecular weight is 415 g/mol. The number of ether oxygens (including phenoxy) is 2. The van der Waals surface area contributed by atoms with Gasteiger partial charge in [-0.2, -0.15) is 4.98 Å². The van der Waals surface area contributed by atoms with Crippen molar-refractivity contribution in [3.05, 3.63) is 90.3 Å². The van der Waals surface area contributed by atoms with Gasteiger partial charge in [-0.1, -0.05) is 53.2 Å².